The first-order chi connectivity index (χ1) is 9.33. The Labute approximate surface area is 126 Å². The predicted octanol–water partition coefficient (Wildman–Crippen LogP) is 3.24. The number of benzene rings is 1. The summed E-state index contributed by atoms with van der Waals surface area (Å²) in [6, 6.07) is 3.92. The van der Waals surface area contributed by atoms with Crippen molar-refractivity contribution >= 4 is 27.5 Å². The Hall–Kier alpha value is -1.00. The summed E-state index contributed by atoms with van der Waals surface area (Å²) in [5.41, 5.74) is 2.04. The van der Waals surface area contributed by atoms with Crippen LogP contribution in [0.1, 0.15) is 42.4 Å². The molecule has 0 amide bonds. The van der Waals surface area contributed by atoms with Gasteiger partial charge < -0.3 is 4.74 Å². The number of hydrogen-bond acceptors (Lipinski definition) is 3. The van der Waals surface area contributed by atoms with E-state index in [1.165, 1.54) is 0 Å². The summed E-state index contributed by atoms with van der Waals surface area (Å²) in [7, 11) is 0. The van der Waals surface area contributed by atoms with E-state index in [4.69, 9.17) is 4.74 Å². The summed E-state index contributed by atoms with van der Waals surface area (Å²) >= 11 is 3.45. The zero-order chi connectivity index (χ0) is 14.7. The van der Waals surface area contributed by atoms with Crippen LogP contribution in [0.3, 0.4) is 0 Å². The number of carbonyl (C=O) groups is 2. The van der Waals surface area contributed by atoms with Crippen LogP contribution in [0.4, 0.5) is 0 Å². The lowest BCUT2D eigenvalue weighted by Crippen LogP contribution is -2.49. The molecule has 4 heteroatoms. The van der Waals surface area contributed by atoms with Gasteiger partial charge in [-0.2, -0.15) is 0 Å². The third kappa shape index (κ3) is 1.89. The van der Waals surface area contributed by atoms with Crippen LogP contribution in [0.25, 0.3) is 0 Å². The van der Waals surface area contributed by atoms with Crippen molar-refractivity contribution in [3.05, 3.63) is 33.3 Å². The van der Waals surface area contributed by atoms with Crippen LogP contribution in [0.15, 0.2) is 16.6 Å². The molecule has 0 spiro atoms. The van der Waals surface area contributed by atoms with Gasteiger partial charge in [0.1, 0.15) is 17.6 Å². The van der Waals surface area contributed by atoms with Crippen molar-refractivity contribution < 1.29 is 14.3 Å². The third-order valence-corrected chi connectivity index (χ3v) is 4.98. The maximum Gasteiger partial charge on any atom is 0.179 e. The normalized spacial score (nSPS) is 32.8. The number of fused-ring (bicyclic) bond motifs is 2. The van der Waals surface area contributed by atoms with Gasteiger partial charge in [-0.25, -0.2) is 0 Å². The average molecular weight is 337 g/mol. The molecular weight excluding hydrogens is 320 g/mol. The highest BCUT2D eigenvalue weighted by molar-refractivity contribution is 9.10. The summed E-state index contributed by atoms with van der Waals surface area (Å²) in [6.45, 7) is 5.72. The molecule has 2 saturated heterocycles. The van der Waals surface area contributed by atoms with Crippen LogP contribution in [0, 0.1) is 13.8 Å². The molecule has 0 saturated carbocycles. The lowest BCUT2D eigenvalue weighted by atomic mass is 9.78. The van der Waals surface area contributed by atoms with Crippen molar-refractivity contribution in [3.63, 3.8) is 0 Å². The second-order valence-corrected chi connectivity index (χ2v) is 6.94. The fourth-order valence-electron chi connectivity index (χ4n) is 3.49. The second kappa shape index (κ2) is 4.50. The number of rotatable bonds is 1. The van der Waals surface area contributed by atoms with E-state index in [2.05, 4.69) is 15.9 Å². The van der Waals surface area contributed by atoms with Crippen molar-refractivity contribution in [2.24, 2.45) is 0 Å². The van der Waals surface area contributed by atoms with Crippen LogP contribution in [0.2, 0.25) is 0 Å². The van der Waals surface area contributed by atoms with E-state index < -0.39 is 17.6 Å². The molecule has 0 radical (unpaired) electrons. The van der Waals surface area contributed by atoms with Gasteiger partial charge in [-0.1, -0.05) is 15.9 Å². The van der Waals surface area contributed by atoms with Crippen molar-refractivity contribution in [3.8, 4) is 0 Å². The Balaban J connectivity index is 2.14. The molecule has 1 unspecified atom stereocenters. The monoisotopic (exact) mass is 336 g/mol. The number of ether oxygens (including phenoxy) is 1. The molecule has 20 heavy (non-hydrogen) atoms. The number of hydrogen-bond donors (Lipinski definition) is 0. The van der Waals surface area contributed by atoms with Gasteiger partial charge in [0.05, 0.1) is 0 Å². The zero-order valence-electron chi connectivity index (χ0n) is 11.8. The highest BCUT2D eigenvalue weighted by atomic mass is 79.9. The van der Waals surface area contributed by atoms with E-state index in [0.29, 0.717) is 12.8 Å². The first-order valence-corrected chi connectivity index (χ1v) is 7.65. The van der Waals surface area contributed by atoms with Gasteiger partial charge in [0.25, 0.3) is 0 Å². The van der Waals surface area contributed by atoms with Gasteiger partial charge in [0.15, 0.2) is 11.6 Å². The topological polar surface area (TPSA) is 43.4 Å². The lowest BCUT2D eigenvalue weighted by molar-refractivity contribution is -0.160. The highest BCUT2D eigenvalue weighted by Crippen LogP contribution is 2.44. The maximum atomic E-state index is 12.7. The molecule has 3 atom stereocenters. The first-order valence-electron chi connectivity index (χ1n) is 6.86. The molecule has 0 N–H and O–H groups in total. The van der Waals surface area contributed by atoms with E-state index in [1.54, 1.807) is 0 Å². The molecule has 2 aliphatic heterocycles. The van der Waals surface area contributed by atoms with Crippen LogP contribution >= 0.6 is 15.9 Å². The SMILES string of the molecule is Cc1cc(Br)cc(C)c1C1C(=O)[C@@H]2CC[C@@](C)(O2)C1=O. The Morgan fingerprint density at radius 1 is 1.25 bits per heavy atom. The van der Waals surface area contributed by atoms with Crippen LogP contribution in [0.5, 0.6) is 0 Å². The lowest BCUT2D eigenvalue weighted by Gasteiger charge is -2.34. The molecular formula is C16H17BrO3. The van der Waals surface area contributed by atoms with Crippen LogP contribution < -0.4 is 0 Å². The minimum absolute atomic E-state index is 0.0708. The number of halogens is 1. The summed E-state index contributed by atoms with van der Waals surface area (Å²) in [5, 5.41) is 0. The fourth-order valence-corrected chi connectivity index (χ4v) is 4.18. The molecule has 0 aromatic heterocycles. The molecule has 1 aromatic carbocycles. The quantitative estimate of drug-likeness (QED) is 0.739. The van der Waals surface area contributed by atoms with Gasteiger partial charge in [0.2, 0.25) is 0 Å². The van der Waals surface area contributed by atoms with Gasteiger partial charge in [-0.05, 0) is 62.4 Å². The van der Waals surface area contributed by atoms with Gasteiger partial charge in [-0.15, -0.1) is 0 Å². The Morgan fingerprint density at radius 2 is 1.85 bits per heavy atom. The fraction of sp³-hybridized carbons (Fsp3) is 0.500. The summed E-state index contributed by atoms with van der Waals surface area (Å²) in [6.07, 6.45) is 0.893. The van der Waals surface area contributed by atoms with E-state index >= 15 is 0 Å². The molecule has 0 aliphatic carbocycles. The van der Waals surface area contributed by atoms with Gasteiger partial charge >= 0.3 is 0 Å². The van der Waals surface area contributed by atoms with E-state index in [-0.39, 0.29) is 11.6 Å². The van der Waals surface area contributed by atoms with E-state index in [0.717, 1.165) is 21.2 Å². The molecule has 3 nitrogen and oxygen atoms in total. The standard InChI is InChI=1S/C16H17BrO3/c1-8-6-10(17)7-9(2)12(8)13-14(18)11-4-5-16(3,20-11)15(13)19/h6-7,11,13H,4-5H2,1-3H3/t11-,13?,16+/m0/s1. The number of Topliss-reactive ketones (excluding diaryl/α,β-unsaturated/α-hetero) is 2. The minimum atomic E-state index is -0.783. The first kappa shape index (κ1) is 14.0. The molecule has 106 valence electrons. The minimum Gasteiger partial charge on any atom is -0.356 e. The summed E-state index contributed by atoms with van der Waals surface area (Å²) in [5.74, 6) is -0.808. The molecule has 2 fully saturated rings. The Morgan fingerprint density at radius 3 is 2.45 bits per heavy atom. The average Bonchev–Trinajstić information content (AvgIpc) is 2.72. The van der Waals surface area contributed by atoms with Crippen LogP contribution in [-0.2, 0) is 14.3 Å². The van der Waals surface area contributed by atoms with Gasteiger partial charge in [-0.3, -0.25) is 9.59 Å². The summed E-state index contributed by atoms with van der Waals surface area (Å²) < 4.78 is 6.63. The molecule has 2 heterocycles. The molecule has 2 aliphatic rings. The number of ketones is 2. The van der Waals surface area contributed by atoms with Crippen molar-refractivity contribution in [2.45, 2.75) is 51.2 Å². The van der Waals surface area contributed by atoms with Crippen molar-refractivity contribution in [1.82, 2.24) is 0 Å². The van der Waals surface area contributed by atoms with Crippen molar-refractivity contribution in [2.75, 3.05) is 0 Å². The van der Waals surface area contributed by atoms with E-state index in [1.807, 2.05) is 32.9 Å². The van der Waals surface area contributed by atoms with Crippen molar-refractivity contribution in [1.29, 1.82) is 0 Å². The van der Waals surface area contributed by atoms with E-state index in [9.17, 15) is 9.59 Å². The second-order valence-electron chi connectivity index (χ2n) is 6.03. The molecule has 1 aromatic rings. The highest BCUT2D eigenvalue weighted by Gasteiger charge is 2.56. The maximum absolute atomic E-state index is 12.7. The predicted molar refractivity (Wildman–Crippen MR) is 78.9 cm³/mol. The number of carbonyl (C=O) groups excluding carboxylic acids is 2. The smallest absolute Gasteiger partial charge is 0.179 e. The molecule has 3 rings (SSSR count). The Kier molecular flexibility index (Phi) is 3.14. The Bertz CT molecular complexity index is 599. The summed E-state index contributed by atoms with van der Waals surface area (Å²) in [4.78, 5) is 25.3. The van der Waals surface area contributed by atoms with Crippen LogP contribution in [-0.4, -0.2) is 23.3 Å². The third-order valence-electron chi connectivity index (χ3n) is 4.52. The number of aryl methyl sites for hydroxylation is 2. The zero-order valence-corrected chi connectivity index (χ0v) is 13.4. The van der Waals surface area contributed by atoms with Gasteiger partial charge in [0, 0.05) is 4.47 Å². The molecule has 2 bridgehead atoms. The largest absolute Gasteiger partial charge is 0.356 e.